The number of fused-ring (bicyclic) bond motifs is 2. The number of amides is 1. The van der Waals surface area contributed by atoms with E-state index in [1.165, 1.54) is 6.21 Å². The van der Waals surface area contributed by atoms with Crippen molar-refractivity contribution in [2.75, 3.05) is 6.61 Å². The maximum absolute atomic E-state index is 12.8. The van der Waals surface area contributed by atoms with Crippen molar-refractivity contribution in [2.45, 2.75) is 6.92 Å². The number of benzene rings is 5. The average Bonchev–Trinajstić information content (AvgIpc) is 2.92. The molecular formula is C31H24N2O4. The zero-order chi connectivity index (χ0) is 25.6. The highest BCUT2D eigenvalue weighted by Gasteiger charge is 2.14. The van der Waals surface area contributed by atoms with Gasteiger partial charge in [-0.15, -0.1) is 0 Å². The van der Waals surface area contributed by atoms with E-state index in [9.17, 15) is 9.59 Å². The first-order valence-electron chi connectivity index (χ1n) is 11.8. The zero-order valence-corrected chi connectivity index (χ0v) is 20.2. The lowest BCUT2D eigenvalue weighted by Crippen LogP contribution is -2.24. The number of aryl methyl sites for hydroxylation is 1. The van der Waals surface area contributed by atoms with Crippen molar-refractivity contribution in [3.8, 4) is 11.5 Å². The summed E-state index contributed by atoms with van der Waals surface area (Å²) in [6.07, 6.45) is 1.48. The summed E-state index contributed by atoms with van der Waals surface area (Å²) in [7, 11) is 0. The number of hydrogen-bond acceptors (Lipinski definition) is 5. The van der Waals surface area contributed by atoms with Crippen LogP contribution in [-0.4, -0.2) is 24.7 Å². The van der Waals surface area contributed by atoms with Gasteiger partial charge in [-0.25, -0.2) is 10.2 Å². The minimum Gasteiger partial charge on any atom is -0.484 e. The zero-order valence-electron chi connectivity index (χ0n) is 20.2. The second-order valence-corrected chi connectivity index (χ2v) is 8.55. The molecule has 182 valence electrons. The predicted octanol–water partition coefficient (Wildman–Crippen LogP) is 6.05. The second kappa shape index (κ2) is 10.7. The van der Waals surface area contributed by atoms with Gasteiger partial charge in [0.2, 0.25) is 0 Å². The minimum atomic E-state index is -0.471. The first kappa shape index (κ1) is 23.8. The maximum Gasteiger partial charge on any atom is 0.343 e. The molecule has 0 atom stereocenters. The summed E-state index contributed by atoms with van der Waals surface area (Å²) >= 11 is 0. The van der Waals surface area contributed by atoms with E-state index >= 15 is 0 Å². The molecule has 5 aromatic rings. The minimum absolute atomic E-state index is 0.194. The Labute approximate surface area is 214 Å². The van der Waals surface area contributed by atoms with Crippen molar-refractivity contribution in [3.63, 3.8) is 0 Å². The Bertz CT molecular complexity index is 1640. The molecule has 0 aliphatic heterocycles. The first-order valence-corrected chi connectivity index (χ1v) is 11.8. The van der Waals surface area contributed by atoms with E-state index in [0.29, 0.717) is 22.6 Å². The third kappa shape index (κ3) is 5.65. The van der Waals surface area contributed by atoms with Gasteiger partial charge in [0.1, 0.15) is 11.5 Å². The largest absolute Gasteiger partial charge is 0.484 e. The van der Waals surface area contributed by atoms with Gasteiger partial charge in [0.25, 0.3) is 5.91 Å². The standard InChI is InChI=1S/C31H24N2O4/c1-21-7-6-11-25(17-21)31(35)37-29-16-14-23-9-4-5-12-27(23)28(29)19-32-33-30(34)20-36-26-15-13-22-8-2-3-10-24(22)18-26/h2-19H,20H2,1H3,(H,33,34)/b32-19-. The molecule has 0 fully saturated rings. The monoisotopic (exact) mass is 488 g/mol. The third-order valence-electron chi connectivity index (χ3n) is 5.86. The molecule has 0 spiro atoms. The van der Waals surface area contributed by atoms with Crippen LogP contribution in [0, 0.1) is 6.92 Å². The van der Waals surface area contributed by atoms with Crippen LogP contribution < -0.4 is 14.9 Å². The van der Waals surface area contributed by atoms with E-state index in [1.54, 1.807) is 18.2 Å². The molecule has 0 saturated heterocycles. The molecule has 0 saturated carbocycles. The van der Waals surface area contributed by atoms with Gasteiger partial charge in [0, 0.05) is 5.56 Å². The number of esters is 1. The second-order valence-electron chi connectivity index (χ2n) is 8.55. The fraction of sp³-hybridized carbons (Fsp3) is 0.0645. The number of carbonyl (C=O) groups excluding carboxylic acids is 2. The van der Waals surface area contributed by atoms with Crippen molar-refractivity contribution in [1.82, 2.24) is 5.43 Å². The van der Waals surface area contributed by atoms with E-state index in [2.05, 4.69) is 10.5 Å². The van der Waals surface area contributed by atoms with Crippen molar-refractivity contribution < 1.29 is 19.1 Å². The topological polar surface area (TPSA) is 77.0 Å². The predicted molar refractivity (Wildman–Crippen MR) is 145 cm³/mol. The number of carbonyl (C=O) groups is 2. The summed E-state index contributed by atoms with van der Waals surface area (Å²) in [5.41, 5.74) is 4.48. The Balaban J connectivity index is 1.30. The van der Waals surface area contributed by atoms with Crippen LogP contribution >= 0.6 is 0 Å². The van der Waals surface area contributed by atoms with Crippen LogP contribution in [0.15, 0.2) is 108 Å². The van der Waals surface area contributed by atoms with Crippen LogP contribution in [0.2, 0.25) is 0 Å². The molecular weight excluding hydrogens is 464 g/mol. The van der Waals surface area contributed by atoms with Crippen LogP contribution in [0.1, 0.15) is 21.5 Å². The van der Waals surface area contributed by atoms with Gasteiger partial charge in [-0.1, -0.05) is 78.4 Å². The summed E-state index contributed by atoms with van der Waals surface area (Å²) in [5.74, 6) is 0.0530. The number of rotatable bonds is 7. The third-order valence-corrected chi connectivity index (χ3v) is 5.86. The molecule has 0 aromatic heterocycles. The van der Waals surface area contributed by atoms with Crippen LogP contribution in [-0.2, 0) is 4.79 Å². The van der Waals surface area contributed by atoms with Gasteiger partial charge in [0.15, 0.2) is 6.61 Å². The Morgan fingerprint density at radius 2 is 1.57 bits per heavy atom. The van der Waals surface area contributed by atoms with Crippen LogP contribution in [0.25, 0.3) is 21.5 Å². The summed E-state index contributed by atoms with van der Waals surface area (Å²) in [6, 6.07) is 32.1. The molecule has 0 bridgehead atoms. The molecule has 37 heavy (non-hydrogen) atoms. The van der Waals surface area contributed by atoms with Crippen molar-refractivity contribution >= 4 is 39.6 Å². The molecule has 0 unspecified atom stereocenters. The molecule has 0 radical (unpaired) electrons. The molecule has 1 amide bonds. The summed E-state index contributed by atoms with van der Waals surface area (Å²) in [4.78, 5) is 25.2. The van der Waals surface area contributed by atoms with Crippen LogP contribution in [0.3, 0.4) is 0 Å². The number of ether oxygens (including phenoxy) is 2. The molecule has 6 heteroatoms. The number of hydrogen-bond donors (Lipinski definition) is 1. The average molecular weight is 489 g/mol. The quantitative estimate of drug-likeness (QED) is 0.131. The van der Waals surface area contributed by atoms with Crippen LogP contribution in [0.5, 0.6) is 11.5 Å². The Kier molecular flexibility index (Phi) is 6.90. The van der Waals surface area contributed by atoms with Gasteiger partial charge in [0.05, 0.1) is 11.8 Å². The molecule has 6 nitrogen and oxygen atoms in total. The molecule has 1 N–H and O–H groups in total. The van der Waals surface area contributed by atoms with E-state index in [4.69, 9.17) is 9.47 Å². The van der Waals surface area contributed by atoms with Gasteiger partial charge in [-0.3, -0.25) is 4.79 Å². The molecule has 5 rings (SSSR count). The Morgan fingerprint density at radius 3 is 2.41 bits per heavy atom. The van der Waals surface area contributed by atoms with E-state index in [1.807, 2.05) is 91.9 Å². The lowest BCUT2D eigenvalue weighted by Gasteiger charge is -2.11. The van der Waals surface area contributed by atoms with Gasteiger partial charge in [-0.05, 0) is 58.8 Å². The highest BCUT2D eigenvalue weighted by Crippen LogP contribution is 2.27. The first-order chi connectivity index (χ1) is 18.1. The normalized spacial score (nSPS) is 11.1. The molecule has 0 heterocycles. The van der Waals surface area contributed by atoms with E-state index in [0.717, 1.165) is 27.1 Å². The van der Waals surface area contributed by atoms with E-state index in [-0.39, 0.29) is 6.61 Å². The summed E-state index contributed by atoms with van der Waals surface area (Å²) in [6.45, 7) is 1.72. The van der Waals surface area contributed by atoms with Gasteiger partial charge in [-0.2, -0.15) is 5.10 Å². The fourth-order valence-electron chi connectivity index (χ4n) is 4.04. The maximum atomic E-state index is 12.8. The highest BCUT2D eigenvalue weighted by molar-refractivity contribution is 6.04. The Hall–Kier alpha value is -4.97. The van der Waals surface area contributed by atoms with Gasteiger partial charge >= 0.3 is 5.97 Å². The lowest BCUT2D eigenvalue weighted by atomic mass is 10.0. The number of nitrogens with zero attached hydrogens (tertiary/aromatic N) is 1. The number of nitrogens with one attached hydrogen (secondary N) is 1. The van der Waals surface area contributed by atoms with Crippen LogP contribution in [0.4, 0.5) is 0 Å². The highest BCUT2D eigenvalue weighted by atomic mass is 16.5. The van der Waals surface area contributed by atoms with E-state index < -0.39 is 11.9 Å². The van der Waals surface area contributed by atoms with Crippen molar-refractivity contribution in [2.24, 2.45) is 5.10 Å². The molecule has 0 aliphatic carbocycles. The van der Waals surface area contributed by atoms with Crippen molar-refractivity contribution in [3.05, 3.63) is 120 Å². The summed E-state index contributed by atoms with van der Waals surface area (Å²) < 4.78 is 11.4. The number of hydrazone groups is 1. The van der Waals surface area contributed by atoms with Crippen molar-refractivity contribution in [1.29, 1.82) is 0 Å². The lowest BCUT2D eigenvalue weighted by molar-refractivity contribution is -0.123. The van der Waals surface area contributed by atoms with Gasteiger partial charge < -0.3 is 9.47 Å². The molecule has 0 aliphatic rings. The smallest absolute Gasteiger partial charge is 0.343 e. The fourth-order valence-corrected chi connectivity index (χ4v) is 4.04. The summed E-state index contributed by atoms with van der Waals surface area (Å²) in [5, 5.41) is 8.02. The SMILES string of the molecule is Cc1cccc(C(=O)Oc2ccc3ccccc3c2/C=N\NC(=O)COc2ccc3ccccc3c2)c1. The Morgan fingerprint density at radius 1 is 0.811 bits per heavy atom. The molecule has 5 aromatic carbocycles.